The van der Waals surface area contributed by atoms with E-state index in [1.54, 1.807) is 0 Å². The predicted octanol–water partition coefficient (Wildman–Crippen LogP) is 2.88. The second-order valence-electron chi connectivity index (χ2n) is 7.86. The van der Waals surface area contributed by atoms with E-state index in [4.69, 9.17) is 14.9 Å². The summed E-state index contributed by atoms with van der Waals surface area (Å²) in [5, 5.41) is 10.3. The first-order valence-electron chi connectivity index (χ1n) is 6.96. The van der Waals surface area contributed by atoms with E-state index in [2.05, 4.69) is 33.9 Å². The van der Waals surface area contributed by atoms with Gasteiger partial charge in [0.05, 0.1) is 6.10 Å². The summed E-state index contributed by atoms with van der Waals surface area (Å²) in [6, 6.07) is 0. The van der Waals surface area contributed by atoms with Crippen LogP contribution in [0.4, 0.5) is 4.79 Å². The predicted molar refractivity (Wildman–Crippen MR) is 83.1 cm³/mol. The summed E-state index contributed by atoms with van der Waals surface area (Å²) in [7, 11) is -2.03. The monoisotopic (exact) mass is 305 g/mol. The van der Waals surface area contributed by atoms with Crippen LogP contribution in [-0.2, 0) is 9.16 Å². The van der Waals surface area contributed by atoms with Gasteiger partial charge >= 0.3 is 6.09 Å². The first-order valence-corrected chi connectivity index (χ1v) is 9.87. The van der Waals surface area contributed by atoms with Crippen molar-refractivity contribution in [1.29, 1.82) is 0 Å². The van der Waals surface area contributed by atoms with Crippen LogP contribution >= 0.6 is 0 Å². The van der Waals surface area contributed by atoms with E-state index < -0.39 is 26.6 Å². The van der Waals surface area contributed by atoms with E-state index in [-0.39, 0.29) is 17.1 Å². The molecule has 0 bridgehead atoms. The minimum atomic E-state index is -2.03. The smallest absolute Gasteiger partial charge is 0.404 e. The lowest BCUT2D eigenvalue weighted by Crippen LogP contribution is -2.52. The van der Waals surface area contributed by atoms with Gasteiger partial charge in [0.25, 0.3) is 0 Å². The van der Waals surface area contributed by atoms with Gasteiger partial charge in [-0.1, -0.05) is 41.5 Å². The van der Waals surface area contributed by atoms with Crippen molar-refractivity contribution in [3.05, 3.63) is 0 Å². The van der Waals surface area contributed by atoms with Crippen molar-refractivity contribution >= 4 is 14.4 Å². The van der Waals surface area contributed by atoms with Crippen molar-refractivity contribution in [3.63, 3.8) is 0 Å². The van der Waals surface area contributed by atoms with E-state index in [0.717, 1.165) is 0 Å². The van der Waals surface area contributed by atoms with Gasteiger partial charge in [-0.05, 0) is 23.5 Å². The van der Waals surface area contributed by atoms with Crippen molar-refractivity contribution in [1.82, 2.24) is 0 Å². The first kappa shape index (κ1) is 19.4. The molecule has 0 radical (unpaired) electrons. The van der Waals surface area contributed by atoms with Crippen LogP contribution in [0.5, 0.6) is 0 Å². The Morgan fingerprint density at radius 2 is 1.65 bits per heavy atom. The Balaban J connectivity index is 5.05. The molecule has 0 aliphatic heterocycles. The Kier molecular flexibility index (Phi) is 6.26. The van der Waals surface area contributed by atoms with Crippen molar-refractivity contribution in [2.45, 2.75) is 71.9 Å². The molecular formula is C14H31NO4Si. The molecule has 0 aliphatic carbocycles. The summed E-state index contributed by atoms with van der Waals surface area (Å²) >= 11 is 0. The topological polar surface area (TPSA) is 81.8 Å². The highest BCUT2D eigenvalue weighted by molar-refractivity contribution is 6.74. The molecule has 0 aromatic carbocycles. The van der Waals surface area contributed by atoms with E-state index in [1.807, 2.05) is 20.8 Å². The summed E-state index contributed by atoms with van der Waals surface area (Å²) in [5.41, 5.74) is 4.67. The maximum absolute atomic E-state index is 10.7. The summed E-state index contributed by atoms with van der Waals surface area (Å²) in [5.74, 6) is 0. The molecule has 0 spiro atoms. The largest absolute Gasteiger partial charge is 0.447 e. The number of nitrogens with two attached hydrogens (primary N) is 1. The molecule has 0 heterocycles. The molecule has 3 N–H and O–H groups in total. The van der Waals surface area contributed by atoms with Crippen LogP contribution < -0.4 is 5.73 Å². The maximum atomic E-state index is 10.7. The van der Waals surface area contributed by atoms with E-state index >= 15 is 0 Å². The number of amides is 1. The number of hydrogen-bond acceptors (Lipinski definition) is 4. The summed E-state index contributed by atoms with van der Waals surface area (Å²) in [6.45, 7) is 16.5. The van der Waals surface area contributed by atoms with E-state index in [9.17, 15) is 9.90 Å². The van der Waals surface area contributed by atoms with Crippen molar-refractivity contribution in [3.8, 4) is 0 Å². The van der Waals surface area contributed by atoms with Gasteiger partial charge in [0.15, 0.2) is 8.32 Å². The third kappa shape index (κ3) is 5.81. The second-order valence-corrected chi connectivity index (χ2v) is 12.6. The van der Waals surface area contributed by atoms with Crippen LogP contribution in [0.15, 0.2) is 0 Å². The number of aliphatic hydroxyl groups excluding tert-OH is 1. The number of aliphatic hydroxyl groups is 1. The van der Waals surface area contributed by atoms with Crippen LogP contribution in [0, 0.1) is 5.41 Å². The Labute approximate surface area is 124 Å². The van der Waals surface area contributed by atoms with E-state index in [0.29, 0.717) is 0 Å². The quantitative estimate of drug-likeness (QED) is 0.765. The molecule has 120 valence electrons. The fourth-order valence-electron chi connectivity index (χ4n) is 1.58. The normalized spacial score (nSPS) is 16.6. The van der Waals surface area contributed by atoms with Crippen molar-refractivity contribution in [2.75, 3.05) is 6.61 Å². The Morgan fingerprint density at radius 3 is 1.95 bits per heavy atom. The lowest BCUT2D eigenvalue weighted by atomic mass is 9.86. The molecule has 0 aromatic heterocycles. The van der Waals surface area contributed by atoms with Crippen molar-refractivity contribution in [2.24, 2.45) is 11.1 Å². The van der Waals surface area contributed by atoms with Gasteiger partial charge < -0.3 is 20.0 Å². The summed E-state index contributed by atoms with van der Waals surface area (Å²) in [4.78, 5) is 10.7. The number of ether oxygens (including phenoxy) is 1. The minimum Gasteiger partial charge on any atom is -0.447 e. The molecule has 2 unspecified atom stereocenters. The van der Waals surface area contributed by atoms with Gasteiger partial charge in [0.1, 0.15) is 12.7 Å². The maximum Gasteiger partial charge on any atom is 0.404 e. The van der Waals surface area contributed by atoms with Crippen molar-refractivity contribution < 1.29 is 19.1 Å². The van der Waals surface area contributed by atoms with Gasteiger partial charge in [-0.25, -0.2) is 4.79 Å². The molecule has 2 atom stereocenters. The van der Waals surface area contributed by atoms with Gasteiger partial charge in [-0.2, -0.15) is 0 Å². The third-order valence-electron chi connectivity index (χ3n) is 3.83. The second kappa shape index (κ2) is 6.45. The number of hydrogen-bond donors (Lipinski definition) is 2. The summed E-state index contributed by atoms with van der Waals surface area (Å²) in [6.07, 6.45) is -2.19. The first-order chi connectivity index (χ1) is 8.68. The average Bonchev–Trinajstić information content (AvgIpc) is 2.19. The van der Waals surface area contributed by atoms with Gasteiger partial charge in [0, 0.05) is 0 Å². The zero-order valence-electron chi connectivity index (χ0n) is 14.1. The van der Waals surface area contributed by atoms with Gasteiger partial charge in [-0.15, -0.1) is 0 Å². The summed E-state index contributed by atoms with van der Waals surface area (Å²) < 4.78 is 11.0. The zero-order valence-corrected chi connectivity index (χ0v) is 15.1. The zero-order chi connectivity index (χ0) is 16.4. The molecular weight excluding hydrogens is 274 g/mol. The lowest BCUT2D eigenvalue weighted by Gasteiger charge is -2.44. The molecule has 0 aliphatic rings. The average molecular weight is 305 g/mol. The molecule has 0 saturated carbocycles. The SMILES string of the molecule is CC(C)(C)C(O[Si](C)(C)C(C)(C)C)C(O)COC(N)=O. The number of carbonyl (C=O) groups excluding carboxylic acids is 1. The van der Waals surface area contributed by atoms with Crippen LogP contribution in [0.1, 0.15) is 41.5 Å². The number of primary amides is 1. The van der Waals surface area contributed by atoms with Crippen LogP contribution in [0.25, 0.3) is 0 Å². The van der Waals surface area contributed by atoms with Crippen LogP contribution in [0.2, 0.25) is 18.1 Å². The highest BCUT2D eigenvalue weighted by Gasteiger charge is 2.44. The van der Waals surface area contributed by atoms with Crippen LogP contribution in [-0.4, -0.2) is 38.3 Å². The molecule has 20 heavy (non-hydrogen) atoms. The molecule has 6 heteroatoms. The highest BCUT2D eigenvalue weighted by Crippen LogP contribution is 2.40. The fraction of sp³-hybridized carbons (Fsp3) is 0.929. The Morgan fingerprint density at radius 1 is 1.20 bits per heavy atom. The highest BCUT2D eigenvalue weighted by atomic mass is 28.4. The fourth-order valence-corrected chi connectivity index (χ4v) is 3.08. The molecule has 1 amide bonds. The third-order valence-corrected chi connectivity index (χ3v) is 8.28. The van der Waals surface area contributed by atoms with E-state index in [1.165, 1.54) is 0 Å². The molecule has 0 rings (SSSR count). The molecule has 0 saturated heterocycles. The standard InChI is InChI=1S/C14H31NO4Si/c1-13(2,3)11(10(16)9-18-12(15)17)19-20(7,8)14(4,5)6/h10-11,16H,9H2,1-8H3,(H2,15,17). The minimum absolute atomic E-state index is 0.0424. The number of carbonyl (C=O) groups is 1. The lowest BCUT2D eigenvalue weighted by molar-refractivity contribution is -0.0591. The molecule has 0 aromatic rings. The number of rotatable bonds is 5. The Bertz CT molecular complexity index is 331. The van der Waals surface area contributed by atoms with Gasteiger partial charge in [0.2, 0.25) is 0 Å². The van der Waals surface area contributed by atoms with Crippen LogP contribution in [0.3, 0.4) is 0 Å². The molecule has 5 nitrogen and oxygen atoms in total. The van der Waals surface area contributed by atoms with Gasteiger partial charge in [-0.3, -0.25) is 0 Å². The Hall–Kier alpha value is -0.593. The molecule has 0 fully saturated rings.